The lowest BCUT2D eigenvalue weighted by Gasteiger charge is -2.11. The van der Waals surface area contributed by atoms with E-state index in [0.717, 1.165) is 27.7 Å². The maximum Gasteiger partial charge on any atom is 0.241 e. The molecule has 0 aliphatic heterocycles. The minimum absolute atomic E-state index is 0.0430. The molecule has 0 saturated heterocycles. The van der Waals surface area contributed by atoms with Gasteiger partial charge in [0.1, 0.15) is 16.2 Å². The van der Waals surface area contributed by atoms with Gasteiger partial charge >= 0.3 is 0 Å². The molecule has 4 rings (SSSR count). The van der Waals surface area contributed by atoms with Gasteiger partial charge in [0.15, 0.2) is 5.65 Å². The summed E-state index contributed by atoms with van der Waals surface area (Å²) in [6.45, 7) is 2.40. The molecule has 0 unspecified atom stereocenters. The third kappa shape index (κ3) is 3.11. The van der Waals surface area contributed by atoms with Crippen LogP contribution >= 0.6 is 0 Å². The number of nitrogens with zero attached hydrogens (tertiary/aromatic N) is 4. The smallest absolute Gasteiger partial charge is 0.241 e. The molecule has 27 heavy (non-hydrogen) atoms. The van der Waals surface area contributed by atoms with Gasteiger partial charge in [0, 0.05) is 17.6 Å². The molecular formula is C18H17N5O3S. The van der Waals surface area contributed by atoms with E-state index < -0.39 is 10.0 Å². The Balaban J connectivity index is 1.82. The third-order valence-corrected chi connectivity index (χ3v) is 5.28. The van der Waals surface area contributed by atoms with E-state index in [-0.39, 0.29) is 10.6 Å². The Morgan fingerprint density at radius 1 is 1.19 bits per heavy atom. The lowest BCUT2D eigenvalue weighted by atomic mass is 10.2. The number of hydrogen-bond acceptors (Lipinski definition) is 6. The standard InChI is InChI=1S/C18H17N5O3S/c1-11-3-5-13-17-14(8-20-18(13)22-11)21-10-23(17)9-12-4-6-16(27(19,24)25)15(7-12)26-2/h3-8,10H,9H2,1-2H3,(H2,19,24,25). The van der Waals surface area contributed by atoms with Crippen molar-refractivity contribution in [3.05, 3.63) is 54.1 Å². The zero-order valence-electron chi connectivity index (χ0n) is 14.7. The van der Waals surface area contributed by atoms with Crippen molar-refractivity contribution in [3.63, 3.8) is 0 Å². The van der Waals surface area contributed by atoms with E-state index >= 15 is 0 Å². The summed E-state index contributed by atoms with van der Waals surface area (Å²) < 4.78 is 30.5. The summed E-state index contributed by atoms with van der Waals surface area (Å²) in [5, 5.41) is 6.14. The highest BCUT2D eigenvalue weighted by Gasteiger charge is 2.16. The van der Waals surface area contributed by atoms with E-state index in [0.29, 0.717) is 12.2 Å². The van der Waals surface area contributed by atoms with Crippen molar-refractivity contribution in [2.45, 2.75) is 18.4 Å². The fraction of sp³-hybridized carbons (Fsp3) is 0.167. The van der Waals surface area contributed by atoms with Crippen LogP contribution in [0.1, 0.15) is 11.3 Å². The molecule has 0 aliphatic rings. The summed E-state index contributed by atoms with van der Waals surface area (Å²) in [4.78, 5) is 13.2. The number of primary sulfonamides is 1. The number of rotatable bonds is 4. The highest BCUT2D eigenvalue weighted by molar-refractivity contribution is 7.89. The number of pyridine rings is 2. The number of aryl methyl sites for hydroxylation is 1. The molecule has 3 heterocycles. The van der Waals surface area contributed by atoms with Crippen LogP contribution in [0.2, 0.25) is 0 Å². The van der Waals surface area contributed by atoms with Crippen LogP contribution in [0.15, 0.2) is 47.8 Å². The van der Waals surface area contributed by atoms with Crippen LogP contribution in [-0.2, 0) is 16.6 Å². The highest BCUT2D eigenvalue weighted by Crippen LogP contribution is 2.26. The molecule has 0 spiro atoms. The number of ether oxygens (including phenoxy) is 1. The highest BCUT2D eigenvalue weighted by atomic mass is 32.2. The maximum absolute atomic E-state index is 11.7. The Hall–Kier alpha value is -3.04. The molecule has 0 aliphatic carbocycles. The molecule has 0 atom stereocenters. The van der Waals surface area contributed by atoms with Crippen LogP contribution in [0.4, 0.5) is 0 Å². The van der Waals surface area contributed by atoms with Gasteiger partial charge in [-0.2, -0.15) is 0 Å². The number of benzene rings is 1. The van der Waals surface area contributed by atoms with Gasteiger partial charge in [-0.1, -0.05) is 6.07 Å². The Labute approximate surface area is 155 Å². The minimum Gasteiger partial charge on any atom is -0.495 e. The zero-order chi connectivity index (χ0) is 19.2. The molecular weight excluding hydrogens is 366 g/mol. The Morgan fingerprint density at radius 3 is 2.74 bits per heavy atom. The SMILES string of the molecule is COc1cc(Cn2cnc3cnc4nc(C)ccc4c32)ccc1S(N)(=O)=O. The summed E-state index contributed by atoms with van der Waals surface area (Å²) in [7, 11) is -2.44. The molecule has 9 heteroatoms. The predicted octanol–water partition coefficient (Wildman–Crippen LogP) is 1.99. The van der Waals surface area contributed by atoms with Gasteiger partial charge in [-0.15, -0.1) is 0 Å². The van der Waals surface area contributed by atoms with Crippen molar-refractivity contribution < 1.29 is 13.2 Å². The van der Waals surface area contributed by atoms with E-state index in [9.17, 15) is 8.42 Å². The fourth-order valence-corrected chi connectivity index (χ4v) is 3.78. The zero-order valence-corrected chi connectivity index (χ0v) is 15.6. The van der Waals surface area contributed by atoms with Crippen molar-refractivity contribution in [2.75, 3.05) is 7.11 Å². The summed E-state index contributed by atoms with van der Waals surface area (Å²) in [6, 6.07) is 8.74. The molecule has 138 valence electrons. The number of nitrogens with two attached hydrogens (primary N) is 1. The van der Waals surface area contributed by atoms with Gasteiger partial charge in [0.2, 0.25) is 10.0 Å². The lowest BCUT2D eigenvalue weighted by molar-refractivity contribution is 0.402. The molecule has 0 fully saturated rings. The second-order valence-electron chi connectivity index (χ2n) is 6.22. The van der Waals surface area contributed by atoms with Crippen LogP contribution in [0.3, 0.4) is 0 Å². The second-order valence-corrected chi connectivity index (χ2v) is 7.75. The van der Waals surface area contributed by atoms with Crippen molar-refractivity contribution in [1.29, 1.82) is 0 Å². The van der Waals surface area contributed by atoms with Crippen molar-refractivity contribution in [1.82, 2.24) is 19.5 Å². The van der Waals surface area contributed by atoms with Crippen LogP contribution in [0, 0.1) is 6.92 Å². The topological polar surface area (TPSA) is 113 Å². The number of methoxy groups -OCH3 is 1. The molecule has 3 aromatic heterocycles. The van der Waals surface area contributed by atoms with Gasteiger partial charge in [0.25, 0.3) is 0 Å². The summed E-state index contributed by atoms with van der Waals surface area (Å²) >= 11 is 0. The summed E-state index contributed by atoms with van der Waals surface area (Å²) in [5.41, 5.74) is 4.09. The Bertz CT molecular complexity index is 1280. The first kappa shape index (κ1) is 17.4. The lowest BCUT2D eigenvalue weighted by Crippen LogP contribution is -2.13. The summed E-state index contributed by atoms with van der Waals surface area (Å²) in [6.07, 6.45) is 3.43. The van der Waals surface area contributed by atoms with Crippen molar-refractivity contribution >= 4 is 32.1 Å². The first-order chi connectivity index (χ1) is 12.9. The van der Waals surface area contributed by atoms with Crippen LogP contribution in [0.5, 0.6) is 5.75 Å². The molecule has 0 bridgehead atoms. The number of aromatic nitrogens is 4. The Kier molecular flexibility index (Phi) is 4.05. The van der Waals surface area contributed by atoms with Crippen molar-refractivity contribution in [3.8, 4) is 5.75 Å². The van der Waals surface area contributed by atoms with E-state index in [2.05, 4.69) is 15.0 Å². The molecule has 8 nitrogen and oxygen atoms in total. The fourth-order valence-electron chi connectivity index (χ4n) is 3.10. The number of sulfonamides is 1. The number of imidazole rings is 1. The summed E-state index contributed by atoms with van der Waals surface area (Å²) in [5.74, 6) is 0.211. The number of fused-ring (bicyclic) bond motifs is 3. The van der Waals surface area contributed by atoms with Gasteiger partial charge in [-0.3, -0.25) is 0 Å². The first-order valence-corrected chi connectivity index (χ1v) is 9.68. The second kappa shape index (κ2) is 6.29. The molecule has 0 amide bonds. The molecule has 0 radical (unpaired) electrons. The molecule has 1 aromatic carbocycles. The van der Waals surface area contributed by atoms with E-state index in [1.54, 1.807) is 24.7 Å². The Morgan fingerprint density at radius 2 is 2.00 bits per heavy atom. The van der Waals surface area contributed by atoms with E-state index in [1.165, 1.54) is 13.2 Å². The number of hydrogen-bond donors (Lipinski definition) is 1. The average molecular weight is 383 g/mol. The van der Waals surface area contributed by atoms with E-state index in [4.69, 9.17) is 9.88 Å². The third-order valence-electron chi connectivity index (χ3n) is 4.33. The van der Waals surface area contributed by atoms with Gasteiger partial charge in [-0.05, 0) is 36.8 Å². The molecule has 4 aromatic rings. The van der Waals surface area contributed by atoms with Gasteiger partial charge in [-0.25, -0.2) is 28.5 Å². The van der Waals surface area contributed by atoms with Crippen LogP contribution < -0.4 is 9.88 Å². The van der Waals surface area contributed by atoms with Crippen LogP contribution in [0.25, 0.3) is 22.1 Å². The monoisotopic (exact) mass is 383 g/mol. The minimum atomic E-state index is -3.85. The van der Waals surface area contributed by atoms with Gasteiger partial charge in [0.05, 0.1) is 25.2 Å². The average Bonchev–Trinajstić information content (AvgIpc) is 3.03. The largest absolute Gasteiger partial charge is 0.495 e. The normalized spacial score (nSPS) is 12.0. The predicted molar refractivity (Wildman–Crippen MR) is 101 cm³/mol. The van der Waals surface area contributed by atoms with Crippen LogP contribution in [-0.4, -0.2) is 35.0 Å². The van der Waals surface area contributed by atoms with Gasteiger partial charge < -0.3 is 9.30 Å². The van der Waals surface area contributed by atoms with E-state index in [1.807, 2.05) is 23.6 Å². The quantitative estimate of drug-likeness (QED) is 0.577. The molecule has 2 N–H and O–H groups in total. The van der Waals surface area contributed by atoms with Crippen molar-refractivity contribution in [2.24, 2.45) is 5.14 Å². The molecule has 0 saturated carbocycles. The maximum atomic E-state index is 11.7. The first-order valence-electron chi connectivity index (χ1n) is 8.14.